The quantitative estimate of drug-likeness (QED) is 0.678. The zero-order valence-corrected chi connectivity index (χ0v) is 8.52. The molecular formula is C10H12N4. The largest absolute Gasteiger partial charge is 0.346 e. The lowest BCUT2D eigenvalue weighted by Crippen LogP contribution is -2.13. The molecule has 14 heavy (non-hydrogen) atoms. The monoisotopic (exact) mass is 188 g/mol. The van der Waals surface area contributed by atoms with Crippen LogP contribution in [0.25, 0.3) is 11.0 Å². The first-order valence-corrected chi connectivity index (χ1v) is 4.45. The normalized spacial score (nSPS) is 10.5. The molecule has 0 saturated carbocycles. The Labute approximate surface area is 82.6 Å². The second kappa shape index (κ2) is 3.21. The maximum atomic E-state index is 4.37. The molecule has 1 heterocycles. The maximum absolute atomic E-state index is 4.37. The van der Waals surface area contributed by atoms with Gasteiger partial charge in [-0.2, -0.15) is 0 Å². The molecular weight excluding hydrogens is 176 g/mol. The van der Waals surface area contributed by atoms with Crippen LogP contribution in [0.4, 0.5) is 5.95 Å². The summed E-state index contributed by atoms with van der Waals surface area (Å²) in [7, 11) is 3.80. The molecule has 0 saturated heterocycles. The van der Waals surface area contributed by atoms with Crippen molar-refractivity contribution in [2.24, 2.45) is 0 Å². The predicted octanol–water partition coefficient (Wildman–Crippen LogP) is 1.40. The fourth-order valence-corrected chi connectivity index (χ4v) is 1.23. The molecule has 0 radical (unpaired) electrons. The smallest absolute Gasteiger partial charge is 0.245 e. The van der Waals surface area contributed by atoms with Gasteiger partial charge in [0.15, 0.2) is 0 Å². The van der Waals surface area contributed by atoms with Gasteiger partial charge in [-0.1, -0.05) is 6.07 Å². The molecule has 0 fully saturated rings. The van der Waals surface area contributed by atoms with E-state index in [1.54, 1.807) is 0 Å². The number of hydrogen-bond donors (Lipinski definition) is 0. The summed E-state index contributed by atoms with van der Waals surface area (Å²) in [6.45, 7) is 2.03. The van der Waals surface area contributed by atoms with Crippen LogP contribution in [0, 0.1) is 6.92 Å². The van der Waals surface area contributed by atoms with Crippen LogP contribution in [-0.4, -0.2) is 29.3 Å². The molecule has 1 aromatic carbocycles. The molecule has 0 bridgehead atoms. The number of rotatable bonds is 1. The Morgan fingerprint density at radius 1 is 1.07 bits per heavy atom. The fraction of sp³-hybridized carbons (Fsp3) is 0.300. The molecule has 0 unspecified atom stereocenters. The summed E-state index contributed by atoms with van der Waals surface area (Å²) < 4.78 is 0. The van der Waals surface area contributed by atoms with Gasteiger partial charge in [-0.15, -0.1) is 10.2 Å². The van der Waals surface area contributed by atoms with Gasteiger partial charge in [-0.25, -0.2) is 4.98 Å². The van der Waals surface area contributed by atoms with Gasteiger partial charge in [0.2, 0.25) is 5.95 Å². The highest BCUT2D eigenvalue weighted by Gasteiger charge is 2.02. The third-order valence-corrected chi connectivity index (χ3v) is 2.00. The van der Waals surface area contributed by atoms with Crippen molar-refractivity contribution in [1.29, 1.82) is 0 Å². The molecule has 0 atom stereocenters. The number of fused-ring (bicyclic) bond motifs is 1. The highest BCUT2D eigenvalue weighted by atomic mass is 15.3. The van der Waals surface area contributed by atoms with E-state index in [0.29, 0.717) is 5.95 Å². The van der Waals surface area contributed by atoms with E-state index in [0.717, 1.165) is 11.0 Å². The van der Waals surface area contributed by atoms with Crippen LogP contribution in [0.3, 0.4) is 0 Å². The van der Waals surface area contributed by atoms with Gasteiger partial charge in [0.25, 0.3) is 0 Å². The van der Waals surface area contributed by atoms with Crippen LogP contribution in [0.2, 0.25) is 0 Å². The molecule has 4 nitrogen and oxygen atoms in total. The molecule has 2 aromatic rings. The number of anilines is 1. The standard InChI is InChI=1S/C10H12N4/c1-7-4-5-8-9(6-7)12-13-10(11-8)14(2)3/h4-6H,1-3H3. The van der Waals surface area contributed by atoms with Gasteiger partial charge in [0, 0.05) is 14.1 Å². The second-order valence-corrected chi connectivity index (χ2v) is 3.50. The average Bonchev–Trinajstić information content (AvgIpc) is 2.16. The Bertz CT molecular complexity index is 465. The van der Waals surface area contributed by atoms with Crippen molar-refractivity contribution in [3.63, 3.8) is 0 Å². The molecule has 2 rings (SSSR count). The van der Waals surface area contributed by atoms with Gasteiger partial charge in [0.1, 0.15) is 5.52 Å². The lowest BCUT2D eigenvalue weighted by molar-refractivity contribution is 0.939. The number of hydrogen-bond acceptors (Lipinski definition) is 4. The predicted molar refractivity (Wildman–Crippen MR) is 56.4 cm³/mol. The van der Waals surface area contributed by atoms with E-state index in [1.807, 2.05) is 44.1 Å². The SMILES string of the molecule is Cc1ccc2nc(N(C)C)nnc2c1. The first-order valence-electron chi connectivity index (χ1n) is 4.45. The van der Waals surface area contributed by atoms with Crippen molar-refractivity contribution in [2.45, 2.75) is 6.92 Å². The van der Waals surface area contributed by atoms with E-state index in [4.69, 9.17) is 0 Å². The number of aryl methyl sites for hydroxylation is 1. The van der Waals surface area contributed by atoms with Crippen molar-refractivity contribution < 1.29 is 0 Å². The summed E-state index contributed by atoms with van der Waals surface area (Å²) in [5.41, 5.74) is 2.90. The highest BCUT2D eigenvalue weighted by Crippen LogP contribution is 2.12. The minimum absolute atomic E-state index is 0.640. The Hall–Kier alpha value is -1.71. The Kier molecular flexibility index (Phi) is 2.04. The Balaban J connectivity index is 2.62. The van der Waals surface area contributed by atoms with E-state index in [2.05, 4.69) is 15.2 Å². The molecule has 1 aromatic heterocycles. The molecule has 0 amide bonds. The van der Waals surface area contributed by atoms with Crippen molar-refractivity contribution in [3.8, 4) is 0 Å². The van der Waals surface area contributed by atoms with Gasteiger partial charge in [-0.3, -0.25) is 0 Å². The topological polar surface area (TPSA) is 41.9 Å². The summed E-state index contributed by atoms with van der Waals surface area (Å²) in [6, 6.07) is 5.97. The van der Waals surface area contributed by atoms with Crippen molar-refractivity contribution in [2.75, 3.05) is 19.0 Å². The number of aromatic nitrogens is 3. The second-order valence-electron chi connectivity index (χ2n) is 3.50. The zero-order chi connectivity index (χ0) is 10.1. The number of nitrogens with zero attached hydrogens (tertiary/aromatic N) is 4. The molecule has 4 heteroatoms. The van der Waals surface area contributed by atoms with Crippen LogP contribution >= 0.6 is 0 Å². The van der Waals surface area contributed by atoms with Gasteiger partial charge < -0.3 is 4.90 Å². The molecule has 0 aliphatic carbocycles. The lowest BCUT2D eigenvalue weighted by atomic mass is 10.2. The van der Waals surface area contributed by atoms with E-state index >= 15 is 0 Å². The molecule has 0 aliphatic rings. The average molecular weight is 188 g/mol. The van der Waals surface area contributed by atoms with E-state index in [1.165, 1.54) is 5.56 Å². The fourth-order valence-electron chi connectivity index (χ4n) is 1.23. The molecule has 0 aliphatic heterocycles. The first kappa shape index (κ1) is 8.87. The third-order valence-electron chi connectivity index (χ3n) is 2.00. The third kappa shape index (κ3) is 1.51. The summed E-state index contributed by atoms with van der Waals surface area (Å²) in [4.78, 5) is 6.21. The maximum Gasteiger partial charge on any atom is 0.245 e. The van der Waals surface area contributed by atoms with Crippen LogP contribution in [-0.2, 0) is 0 Å². The van der Waals surface area contributed by atoms with Crippen LogP contribution in [0.5, 0.6) is 0 Å². The zero-order valence-electron chi connectivity index (χ0n) is 8.52. The van der Waals surface area contributed by atoms with Gasteiger partial charge >= 0.3 is 0 Å². The van der Waals surface area contributed by atoms with E-state index < -0.39 is 0 Å². The van der Waals surface area contributed by atoms with Gasteiger partial charge in [-0.05, 0) is 24.6 Å². The summed E-state index contributed by atoms with van der Waals surface area (Å²) in [5, 5.41) is 8.12. The van der Waals surface area contributed by atoms with Crippen LogP contribution < -0.4 is 4.90 Å². The Morgan fingerprint density at radius 3 is 2.57 bits per heavy atom. The Morgan fingerprint density at radius 2 is 1.86 bits per heavy atom. The van der Waals surface area contributed by atoms with Gasteiger partial charge in [0.05, 0.1) is 5.52 Å². The molecule has 0 N–H and O–H groups in total. The molecule has 72 valence electrons. The summed E-state index contributed by atoms with van der Waals surface area (Å²) >= 11 is 0. The minimum Gasteiger partial charge on any atom is -0.346 e. The summed E-state index contributed by atoms with van der Waals surface area (Å²) in [5.74, 6) is 0.640. The highest BCUT2D eigenvalue weighted by molar-refractivity contribution is 5.75. The van der Waals surface area contributed by atoms with Crippen molar-refractivity contribution in [1.82, 2.24) is 15.2 Å². The lowest BCUT2D eigenvalue weighted by Gasteiger charge is -2.08. The first-order chi connectivity index (χ1) is 6.66. The van der Waals surface area contributed by atoms with Crippen LogP contribution in [0.15, 0.2) is 18.2 Å². The van der Waals surface area contributed by atoms with Crippen LogP contribution in [0.1, 0.15) is 5.56 Å². The minimum atomic E-state index is 0.640. The number of benzene rings is 1. The van der Waals surface area contributed by atoms with E-state index in [-0.39, 0.29) is 0 Å². The molecule has 0 spiro atoms. The summed E-state index contributed by atoms with van der Waals surface area (Å²) in [6.07, 6.45) is 0. The van der Waals surface area contributed by atoms with E-state index in [9.17, 15) is 0 Å². The van der Waals surface area contributed by atoms with Crippen molar-refractivity contribution in [3.05, 3.63) is 23.8 Å². The van der Waals surface area contributed by atoms with Crippen molar-refractivity contribution >= 4 is 17.0 Å².